The number of aryl methyl sites for hydroxylation is 1. The second kappa shape index (κ2) is 7.58. The van der Waals surface area contributed by atoms with Gasteiger partial charge in [-0.25, -0.2) is 9.97 Å². The van der Waals surface area contributed by atoms with E-state index >= 15 is 0 Å². The minimum Gasteiger partial charge on any atom is -0.507 e. The van der Waals surface area contributed by atoms with Crippen LogP contribution in [0.1, 0.15) is 5.56 Å². The van der Waals surface area contributed by atoms with Crippen molar-refractivity contribution in [2.75, 3.05) is 0 Å². The highest BCUT2D eigenvalue weighted by molar-refractivity contribution is 6.00. The summed E-state index contributed by atoms with van der Waals surface area (Å²) < 4.78 is 0. The Kier molecular flexibility index (Phi) is 4.60. The van der Waals surface area contributed by atoms with E-state index in [9.17, 15) is 10.2 Å². The van der Waals surface area contributed by atoms with Gasteiger partial charge in [0.15, 0.2) is 0 Å². The van der Waals surface area contributed by atoms with Gasteiger partial charge < -0.3 is 10.2 Å². The minimum absolute atomic E-state index is 0.0623. The summed E-state index contributed by atoms with van der Waals surface area (Å²) >= 11 is 0. The van der Waals surface area contributed by atoms with Crippen LogP contribution in [0.3, 0.4) is 0 Å². The van der Waals surface area contributed by atoms with Gasteiger partial charge in [0.05, 0.1) is 22.5 Å². The van der Waals surface area contributed by atoms with Crippen molar-refractivity contribution < 1.29 is 10.2 Å². The lowest BCUT2D eigenvalue weighted by Gasteiger charge is -2.16. The van der Waals surface area contributed by atoms with Gasteiger partial charge in [-0.1, -0.05) is 78.9 Å². The van der Waals surface area contributed by atoms with E-state index in [1.807, 2.05) is 73.7 Å². The first kappa shape index (κ1) is 18.8. The summed E-state index contributed by atoms with van der Waals surface area (Å²) in [6, 6.07) is 28.5. The highest BCUT2D eigenvalue weighted by Crippen LogP contribution is 2.42. The smallest absolute Gasteiger partial charge is 0.126 e. The molecule has 31 heavy (non-hydrogen) atoms. The van der Waals surface area contributed by atoms with Crippen LogP contribution in [-0.4, -0.2) is 20.2 Å². The molecular formula is C27H20N2O2. The molecule has 1 heterocycles. The fourth-order valence-electron chi connectivity index (χ4n) is 3.90. The third kappa shape index (κ3) is 3.28. The van der Waals surface area contributed by atoms with Crippen molar-refractivity contribution in [3.05, 3.63) is 96.6 Å². The van der Waals surface area contributed by atoms with Crippen molar-refractivity contribution in [1.82, 2.24) is 9.97 Å². The summed E-state index contributed by atoms with van der Waals surface area (Å²) in [6.07, 6.45) is 0. The van der Waals surface area contributed by atoms with Crippen molar-refractivity contribution in [2.24, 2.45) is 0 Å². The third-order valence-electron chi connectivity index (χ3n) is 5.38. The number of fused-ring (bicyclic) bond motifs is 1. The van der Waals surface area contributed by atoms with E-state index in [0.29, 0.717) is 22.2 Å². The monoisotopic (exact) mass is 404 g/mol. The zero-order chi connectivity index (χ0) is 21.4. The molecule has 0 aliphatic rings. The molecule has 0 aliphatic heterocycles. The summed E-state index contributed by atoms with van der Waals surface area (Å²) in [5.41, 5.74) is 6.45. The lowest BCUT2D eigenvalue weighted by molar-refractivity contribution is 0.469. The van der Waals surface area contributed by atoms with E-state index in [1.165, 1.54) is 0 Å². The summed E-state index contributed by atoms with van der Waals surface area (Å²) in [5.74, 6) is 0.144. The van der Waals surface area contributed by atoms with Crippen LogP contribution in [0, 0.1) is 6.92 Å². The molecule has 4 nitrogen and oxygen atoms in total. The number of rotatable bonds is 3. The number of phenolic OH excluding ortho intramolecular Hbond substituents is 2. The number of hydrogen-bond acceptors (Lipinski definition) is 4. The predicted octanol–water partition coefficient (Wildman–Crippen LogP) is 6.35. The standard InChI is InChI=1S/C27H20N2O2/c1-17-16-22(31)23(20-14-8-9-15-21(20)30)27-24(17)28-25(18-10-4-2-5-11-18)26(29-27)19-12-6-3-7-13-19/h2-16,30-31H,1H3. The van der Waals surface area contributed by atoms with Crippen LogP contribution >= 0.6 is 0 Å². The van der Waals surface area contributed by atoms with Crippen molar-refractivity contribution >= 4 is 11.0 Å². The van der Waals surface area contributed by atoms with Gasteiger partial charge in [0.2, 0.25) is 0 Å². The SMILES string of the molecule is Cc1cc(O)c(-c2ccccc2O)c2nc(-c3ccccc3)c(-c3ccccc3)nc12. The minimum atomic E-state index is 0.0623. The molecule has 0 atom stereocenters. The molecule has 4 heteroatoms. The molecule has 0 saturated heterocycles. The second-order valence-corrected chi connectivity index (χ2v) is 7.45. The topological polar surface area (TPSA) is 66.2 Å². The fourth-order valence-corrected chi connectivity index (χ4v) is 3.90. The van der Waals surface area contributed by atoms with Gasteiger partial charge in [-0.2, -0.15) is 0 Å². The van der Waals surface area contributed by atoms with Crippen molar-refractivity contribution in [3.8, 4) is 45.1 Å². The largest absolute Gasteiger partial charge is 0.507 e. The van der Waals surface area contributed by atoms with Gasteiger partial charge in [0.1, 0.15) is 17.0 Å². The predicted molar refractivity (Wildman–Crippen MR) is 124 cm³/mol. The number of nitrogens with zero attached hydrogens (tertiary/aromatic N) is 2. The Morgan fingerprint density at radius 1 is 0.581 bits per heavy atom. The molecule has 1 aromatic heterocycles. The fraction of sp³-hybridized carbons (Fsp3) is 0.0370. The van der Waals surface area contributed by atoms with E-state index in [1.54, 1.807) is 24.3 Å². The zero-order valence-electron chi connectivity index (χ0n) is 16.9. The van der Waals surface area contributed by atoms with Gasteiger partial charge in [0.25, 0.3) is 0 Å². The molecular weight excluding hydrogens is 384 g/mol. The first-order valence-corrected chi connectivity index (χ1v) is 10.1. The lowest BCUT2D eigenvalue weighted by atomic mass is 9.97. The highest BCUT2D eigenvalue weighted by atomic mass is 16.3. The van der Waals surface area contributed by atoms with E-state index < -0.39 is 0 Å². The normalized spacial score (nSPS) is 11.0. The van der Waals surface area contributed by atoms with E-state index in [0.717, 1.165) is 28.1 Å². The molecule has 0 bridgehead atoms. The van der Waals surface area contributed by atoms with Crippen LogP contribution in [0.15, 0.2) is 91.0 Å². The van der Waals surface area contributed by atoms with Gasteiger partial charge in [-0.3, -0.25) is 0 Å². The number of para-hydroxylation sites is 1. The first-order chi connectivity index (χ1) is 15.1. The molecule has 0 spiro atoms. The van der Waals surface area contributed by atoms with Crippen LogP contribution in [0.5, 0.6) is 11.5 Å². The number of benzene rings is 4. The number of aromatic nitrogens is 2. The van der Waals surface area contributed by atoms with E-state index in [2.05, 4.69) is 0 Å². The Morgan fingerprint density at radius 3 is 1.68 bits per heavy atom. The van der Waals surface area contributed by atoms with Gasteiger partial charge in [0, 0.05) is 16.7 Å². The summed E-state index contributed by atoms with van der Waals surface area (Å²) in [4.78, 5) is 10.1. The Morgan fingerprint density at radius 2 is 1.10 bits per heavy atom. The van der Waals surface area contributed by atoms with E-state index in [-0.39, 0.29) is 11.5 Å². The Balaban J connectivity index is 1.92. The van der Waals surface area contributed by atoms with Gasteiger partial charge >= 0.3 is 0 Å². The quantitative estimate of drug-likeness (QED) is 0.368. The zero-order valence-corrected chi connectivity index (χ0v) is 16.9. The molecule has 0 saturated carbocycles. The maximum Gasteiger partial charge on any atom is 0.126 e. The molecule has 0 amide bonds. The molecule has 150 valence electrons. The summed E-state index contributed by atoms with van der Waals surface area (Å²) in [7, 11) is 0. The first-order valence-electron chi connectivity index (χ1n) is 10.1. The van der Waals surface area contributed by atoms with Crippen LogP contribution in [0.4, 0.5) is 0 Å². The molecule has 0 fully saturated rings. The Hall–Kier alpha value is -4.18. The molecule has 0 radical (unpaired) electrons. The molecule has 2 N–H and O–H groups in total. The number of aromatic hydroxyl groups is 2. The number of phenols is 2. The number of hydrogen-bond donors (Lipinski definition) is 2. The lowest BCUT2D eigenvalue weighted by Crippen LogP contribution is -1.99. The maximum atomic E-state index is 10.8. The van der Waals surface area contributed by atoms with Crippen LogP contribution < -0.4 is 0 Å². The van der Waals surface area contributed by atoms with Crippen LogP contribution in [0.25, 0.3) is 44.7 Å². The van der Waals surface area contributed by atoms with E-state index in [4.69, 9.17) is 9.97 Å². The molecule has 0 aliphatic carbocycles. The molecule has 4 aromatic carbocycles. The van der Waals surface area contributed by atoms with Crippen molar-refractivity contribution in [1.29, 1.82) is 0 Å². The summed E-state index contributed by atoms with van der Waals surface area (Å²) in [5, 5.41) is 21.3. The summed E-state index contributed by atoms with van der Waals surface area (Å²) in [6.45, 7) is 1.91. The molecule has 5 rings (SSSR count). The van der Waals surface area contributed by atoms with Gasteiger partial charge in [-0.05, 0) is 24.6 Å². The second-order valence-electron chi connectivity index (χ2n) is 7.45. The average molecular weight is 404 g/mol. The van der Waals surface area contributed by atoms with Crippen molar-refractivity contribution in [2.45, 2.75) is 6.92 Å². The highest BCUT2D eigenvalue weighted by Gasteiger charge is 2.20. The average Bonchev–Trinajstić information content (AvgIpc) is 2.81. The molecule has 5 aromatic rings. The van der Waals surface area contributed by atoms with Crippen molar-refractivity contribution in [3.63, 3.8) is 0 Å². The maximum absolute atomic E-state index is 10.8. The third-order valence-corrected chi connectivity index (χ3v) is 5.38. The Bertz CT molecular complexity index is 1400. The van der Waals surface area contributed by atoms with Gasteiger partial charge in [-0.15, -0.1) is 0 Å². The van der Waals surface area contributed by atoms with Crippen LogP contribution in [-0.2, 0) is 0 Å². The molecule has 0 unspecified atom stereocenters. The van der Waals surface area contributed by atoms with Crippen LogP contribution in [0.2, 0.25) is 0 Å². The Labute approximate surface area is 180 Å².